The first-order chi connectivity index (χ1) is 8.78. The molecule has 0 aromatic rings. The average Bonchev–Trinajstić information content (AvgIpc) is 2.36. The van der Waals surface area contributed by atoms with E-state index in [1.165, 1.54) is 17.6 Å². The minimum absolute atomic E-state index is 0. The first kappa shape index (κ1) is 19.7. The van der Waals surface area contributed by atoms with Crippen LogP contribution < -0.4 is 5.73 Å². The lowest BCUT2D eigenvalue weighted by Gasteiger charge is -2.36. The molecule has 120 valence electrons. The maximum absolute atomic E-state index is 12.2. The van der Waals surface area contributed by atoms with E-state index in [2.05, 4.69) is 0 Å². The quantitative estimate of drug-likeness (QED) is 0.795. The molecule has 20 heavy (non-hydrogen) atoms. The lowest BCUT2D eigenvalue weighted by atomic mass is 9.71. The molecule has 0 heterocycles. The fraction of sp³-hybridized carbons (Fsp3) is 0.923. The average molecular weight is 327 g/mol. The highest BCUT2D eigenvalue weighted by Gasteiger charge is 2.33. The van der Waals surface area contributed by atoms with Gasteiger partial charge in [-0.05, 0) is 24.8 Å². The maximum Gasteiger partial charge on any atom is 0.222 e. The van der Waals surface area contributed by atoms with Crippen molar-refractivity contribution in [3.8, 4) is 0 Å². The van der Waals surface area contributed by atoms with E-state index in [-0.39, 0.29) is 36.0 Å². The van der Waals surface area contributed by atoms with Gasteiger partial charge in [0.05, 0.1) is 5.75 Å². The summed E-state index contributed by atoms with van der Waals surface area (Å²) >= 11 is 0. The van der Waals surface area contributed by atoms with Crippen molar-refractivity contribution in [2.45, 2.75) is 38.5 Å². The second kappa shape index (κ2) is 8.20. The molecule has 1 rings (SSSR count). The van der Waals surface area contributed by atoms with Crippen LogP contribution in [-0.2, 0) is 14.6 Å². The number of nitrogens with two attached hydrogens (primary N) is 1. The van der Waals surface area contributed by atoms with Gasteiger partial charge in [0, 0.05) is 26.3 Å². The molecule has 0 spiro atoms. The molecule has 0 saturated heterocycles. The van der Waals surface area contributed by atoms with Crippen molar-refractivity contribution in [3.05, 3.63) is 0 Å². The summed E-state index contributed by atoms with van der Waals surface area (Å²) < 4.78 is 22.2. The molecule has 0 aliphatic heterocycles. The zero-order chi connectivity index (χ0) is 14.5. The Labute approximate surface area is 128 Å². The molecule has 1 amide bonds. The van der Waals surface area contributed by atoms with Crippen LogP contribution in [0, 0.1) is 5.41 Å². The summed E-state index contributed by atoms with van der Waals surface area (Å²) in [6.07, 6.45) is 7.15. The van der Waals surface area contributed by atoms with Gasteiger partial charge in [0.25, 0.3) is 0 Å². The number of nitrogens with zero attached hydrogens (tertiary/aromatic N) is 1. The molecule has 5 nitrogen and oxygen atoms in total. The van der Waals surface area contributed by atoms with Crippen LogP contribution in [0.25, 0.3) is 0 Å². The molecule has 1 aliphatic rings. The smallest absolute Gasteiger partial charge is 0.222 e. The van der Waals surface area contributed by atoms with E-state index < -0.39 is 9.84 Å². The normalized spacial score (nSPS) is 18.1. The van der Waals surface area contributed by atoms with Crippen molar-refractivity contribution in [2.75, 3.05) is 32.1 Å². The highest BCUT2D eigenvalue weighted by atomic mass is 35.5. The van der Waals surface area contributed by atoms with Crippen molar-refractivity contribution in [3.63, 3.8) is 0 Å². The highest BCUT2D eigenvalue weighted by molar-refractivity contribution is 7.90. The van der Waals surface area contributed by atoms with Crippen LogP contribution in [0.3, 0.4) is 0 Å². The predicted molar refractivity (Wildman–Crippen MR) is 83.8 cm³/mol. The molecule has 1 fully saturated rings. The van der Waals surface area contributed by atoms with Gasteiger partial charge in [-0.3, -0.25) is 4.79 Å². The third kappa shape index (κ3) is 6.41. The van der Waals surface area contributed by atoms with Crippen LogP contribution in [0.4, 0.5) is 0 Å². The Hall–Kier alpha value is -0.330. The molecular weight excluding hydrogens is 300 g/mol. The Morgan fingerprint density at radius 1 is 1.25 bits per heavy atom. The van der Waals surface area contributed by atoms with Crippen molar-refractivity contribution in [2.24, 2.45) is 11.1 Å². The second-order valence-electron chi connectivity index (χ2n) is 5.89. The summed E-state index contributed by atoms with van der Waals surface area (Å²) in [7, 11) is -1.36. The lowest BCUT2D eigenvalue weighted by Crippen LogP contribution is -2.40. The molecular formula is C13H27ClN2O3S. The molecule has 7 heteroatoms. The number of hydrogen-bond donors (Lipinski definition) is 1. The summed E-state index contributed by atoms with van der Waals surface area (Å²) in [5.41, 5.74) is 5.80. The SMILES string of the molecule is CN(CCS(C)(=O)=O)C(=O)CC1(CN)CCCCC1.Cl. The van der Waals surface area contributed by atoms with E-state index in [1.807, 2.05) is 0 Å². The topological polar surface area (TPSA) is 80.5 Å². The van der Waals surface area contributed by atoms with E-state index in [0.29, 0.717) is 13.0 Å². The Kier molecular flexibility index (Phi) is 8.06. The minimum Gasteiger partial charge on any atom is -0.345 e. The molecule has 0 unspecified atom stereocenters. The number of sulfone groups is 1. The van der Waals surface area contributed by atoms with Gasteiger partial charge in [-0.15, -0.1) is 12.4 Å². The molecule has 0 aromatic heterocycles. The Morgan fingerprint density at radius 2 is 1.80 bits per heavy atom. The largest absolute Gasteiger partial charge is 0.345 e. The third-order valence-electron chi connectivity index (χ3n) is 4.10. The van der Waals surface area contributed by atoms with E-state index in [9.17, 15) is 13.2 Å². The Morgan fingerprint density at radius 3 is 2.25 bits per heavy atom. The number of amides is 1. The Bertz CT molecular complexity index is 406. The molecule has 0 bridgehead atoms. The van der Waals surface area contributed by atoms with Crippen molar-refractivity contribution in [1.29, 1.82) is 0 Å². The van der Waals surface area contributed by atoms with E-state index in [0.717, 1.165) is 25.7 Å². The van der Waals surface area contributed by atoms with Gasteiger partial charge >= 0.3 is 0 Å². The van der Waals surface area contributed by atoms with Crippen LogP contribution in [0.5, 0.6) is 0 Å². The summed E-state index contributed by atoms with van der Waals surface area (Å²) in [6, 6.07) is 0. The highest BCUT2D eigenvalue weighted by Crippen LogP contribution is 2.38. The molecule has 0 atom stereocenters. The Balaban J connectivity index is 0.00000361. The first-order valence-electron chi connectivity index (χ1n) is 6.90. The van der Waals surface area contributed by atoms with Crippen LogP contribution in [-0.4, -0.2) is 51.4 Å². The number of carbonyl (C=O) groups is 1. The molecule has 1 aliphatic carbocycles. The molecule has 1 saturated carbocycles. The minimum atomic E-state index is -3.03. The number of halogens is 1. The van der Waals surface area contributed by atoms with Gasteiger partial charge in [0.1, 0.15) is 9.84 Å². The van der Waals surface area contributed by atoms with Crippen LogP contribution >= 0.6 is 12.4 Å². The van der Waals surface area contributed by atoms with E-state index in [4.69, 9.17) is 5.73 Å². The van der Waals surface area contributed by atoms with Crippen LogP contribution in [0.2, 0.25) is 0 Å². The molecule has 2 N–H and O–H groups in total. The zero-order valence-corrected chi connectivity index (χ0v) is 14.1. The molecule has 0 aromatic carbocycles. The summed E-state index contributed by atoms with van der Waals surface area (Å²) in [5, 5.41) is 0. The van der Waals surface area contributed by atoms with Crippen molar-refractivity contribution in [1.82, 2.24) is 4.90 Å². The summed E-state index contributed by atoms with van der Waals surface area (Å²) in [4.78, 5) is 13.7. The predicted octanol–water partition coefficient (Wildman–Crippen LogP) is 1.21. The second-order valence-corrected chi connectivity index (χ2v) is 8.15. The summed E-state index contributed by atoms with van der Waals surface area (Å²) in [6.45, 7) is 0.803. The van der Waals surface area contributed by atoms with Gasteiger partial charge in [0.15, 0.2) is 0 Å². The summed E-state index contributed by atoms with van der Waals surface area (Å²) in [5.74, 6) is 0.0289. The van der Waals surface area contributed by atoms with E-state index in [1.54, 1.807) is 7.05 Å². The van der Waals surface area contributed by atoms with Gasteiger partial charge in [-0.2, -0.15) is 0 Å². The number of carbonyl (C=O) groups excluding carboxylic acids is 1. The maximum atomic E-state index is 12.2. The van der Waals surface area contributed by atoms with Crippen molar-refractivity contribution >= 4 is 28.2 Å². The third-order valence-corrected chi connectivity index (χ3v) is 5.02. The number of hydrogen-bond acceptors (Lipinski definition) is 4. The van der Waals surface area contributed by atoms with Crippen molar-refractivity contribution < 1.29 is 13.2 Å². The lowest BCUT2D eigenvalue weighted by molar-refractivity contribution is -0.132. The van der Waals surface area contributed by atoms with Gasteiger partial charge < -0.3 is 10.6 Å². The van der Waals surface area contributed by atoms with E-state index >= 15 is 0 Å². The van der Waals surface area contributed by atoms with Gasteiger partial charge in [0.2, 0.25) is 5.91 Å². The standard InChI is InChI=1S/C13H26N2O3S.ClH/c1-15(8-9-19(2,17)18)12(16)10-13(11-14)6-4-3-5-7-13;/h3-11,14H2,1-2H3;1H. The fourth-order valence-corrected chi connectivity index (χ4v) is 3.24. The van der Waals surface area contributed by atoms with Crippen LogP contribution in [0.15, 0.2) is 0 Å². The monoisotopic (exact) mass is 326 g/mol. The van der Waals surface area contributed by atoms with Gasteiger partial charge in [-0.25, -0.2) is 8.42 Å². The van der Waals surface area contributed by atoms with Crippen LogP contribution in [0.1, 0.15) is 38.5 Å². The zero-order valence-electron chi connectivity index (χ0n) is 12.4. The fourth-order valence-electron chi connectivity index (χ4n) is 2.64. The molecule has 0 radical (unpaired) electrons. The first-order valence-corrected chi connectivity index (χ1v) is 8.96. The number of rotatable bonds is 6. The van der Waals surface area contributed by atoms with Gasteiger partial charge in [-0.1, -0.05) is 19.3 Å².